The molecule has 1 aromatic carbocycles. The Morgan fingerprint density at radius 2 is 2.10 bits per heavy atom. The Labute approximate surface area is 114 Å². The van der Waals surface area contributed by atoms with Crippen LogP contribution >= 0.6 is 0 Å². The molecule has 102 valence electrons. The summed E-state index contributed by atoms with van der Waals surface area (Å²) in [6.07, 6.45) is 1.29. The number of hydrogen-bond donors (Lipinski definition) is 2. The molecule has 0 atom stereocenters. The Kier molecular flexibility index (Phi) is 3.54. The Morgan fingerprint density at radius 1 is 1.35 bits per heavy atom. The van der Waals surface area contributed by atoms with Gasteiger partial charge in [0.15, 0.2) is 11.6 Å². The highest BCUT2D eigenvalue weighted by Gasteiger charge is 2.18. The minimum atomic E-state index is -4.08. The van der Waals surface area contributed by atoms with E-state index in [0.29, 0.717) is 0 Å². The molecule has 0 unspecified atom stereocenters. The molecule has 2 N–H and O–H groups in total. The molecule has 2 aromatic rings. The van der Waals surface area contributed by atoms with E-state index >= 15 is 0 Å². The van der Waals surface area contributed by atoms with Gasteiger partial charge in [-0.3, -0.25) is 4.72 Å². The van der Waals surface area contributed by atoms with Crippen molar-refractivity contribution in [3.63, 3.8) is 0 Å². The fraction of sp³-hybridized carbons (Fsp3) is 0. The van der Waals surface area contributed by atoms with E-state index in [9.17, 15) is 17.9 Å². The molecule has 0 spiro atoms. The lowest BCUT2D eigenvalue weighted by molar-refractivity contribution is 0.475. The van der Waals surface area contributed by atoms with Gasteiger partial charge < -0.3 is 5.11 Å². The summed E-state index contributed by atoms with van der Waals surface area (Å²) < 4.78 is 39.3. The monoisotopic (exact) mass is 293 g/mol. The maximum absolute atomic E-state index is 13.2. The van der Waals surface area contributed by atoms with Gasteiger partial charge in [0.1, 0.15) is 11.9 Å². The molecular weight excluding hydrogens is 285 g/mol. The number of pyridine rings is 1. The third kappa shape index (κ3) is 2.67. The fourth-order valence-corrected chi connectivity index (χ4v) is 2.47. The van der Waals surface area contributed by atoms with Gasteiger partial charge in [-0.2, -0.15) is 5.26 Å². The molecule has 2 rings (SSSR count). The molecule has 1 heterocycles. The smallest absolute Gasteiger partial charge is 0.263 e. The van der Waals surface area contributed by atoms with Crippen molar-refractivity contribution in [2.24, 2.45) is 0 Å². The van der Waals surface area contributed by atoms with E-state index in [1.807, 2.05) is 0 Å². The number of nitriles is 1. The second kappa shape index (κ2) is 5.14. The topological polar surface area (TPSA) is 103 Å². The molecule has 20 heavy (non-hydrogen) atoms. The van der Waals surface area contributed by atoms with E-state index in [0.717, 1.165) is 18.2 Å². The minimum Gasteiger partial charge on any atom is -0.504 e. The number of nitrogens with zero attached hydrogens (tertiary/aromatic N) is 2. The van der Waals surface area contributed by atoms with Crippen LogP contribution in [0.3, 0.4) is 0 Å². The van der Waals surface area contributed by atoms with Gasteiger partial charge in [0.2, 0.25) is 0 Å². The van der Waals surface area contributed by atoms with E-state index in [1.54, 1.807) is 6.07 Å². The van der Waals surface area contributed by atoms with Crippen molar-refractivity contribution in [1.82, 2.24) is 4.98 Å². The van der Waals surface area contributed by atoms with E-state index in [-0.39, 0.29) is 16.5 Å². The highest BCUT2D eigenvalue weighted by atomic mass is 32.2. The van der Waals surface area contributed by atoms with Crippen LogP contribution in [0.15, 0.2) is 41.4 Å². The Morgan fingerprint density at radius 3 is 2.75 bits per heavy atom. The maximum Gasteiger partial charge on any atom is 0.263 e. The lowest BCUT2D eigenvalue weighted by atomic mass is 10.2. The molecule has 0 aliphatic heterocycles. The van der Waals surface area contributed by atoms with Crippen LogP contribution < -0.4 is 4.72 Å². The molecule has 0 saturated heterocycles. The molecule has 1 aromatic heterocycles. The second-order valence-corrected chi connectivity index (χ2v) is 5.41. The Bertz CT molecular complexity index is 800. The van der Waals surface area contributed by atoms with E-state index < -0.39 is 21.4 Å². The van der Waals surface area contributed by atoms with Crippen LogP contribution in [0.1, 0.15) is 5.56 Å². The van der Waals surface area contributed by atoms with Gasteiger partial charge in [0.25, 0.3) is 10.0 Å². The third-order valence-corrected chi connectivity index (χ3v) is 3.72. The van der Waals surface area contributed by atoms with Crippen molar-refractivity contribution < 1.29 is 17.9 Å². The number of benzene rings is 1. The van der Waals surface area contributed by atoms with E-state index in [1.165, 1.54) is 18.3 Å². The van der Waals surface area contributed by atoms with E-state index in [4.69, 9.17) is 5.26 Å². The molecule has 0 fully saturated rings. The highest BCUT2D eigenvalue weighted by molar-refractivity contribution is 7.92. The molecule has 0 aliphatic rings. The van der Waals surface area contributed by atoms with Crippen molar-refractivity contribution in [3.8, 4) is 11.8 Å². The van der Waals surface area contributed by atoms with Crippen molar-refractivity contribution in [3.05, 3.63) is 47.9 Å². The predicted octanol–water partition coefficient (Wildman–Crippen LogP) is 1.60. The zero-order valence-corrected chi connectivity index (χ0v) is 10.7. The predicted molar refractivity (Wildman–Crippen MR) is 67.8 cm³/mol. The number of sulfonamides is 1. The molecule has 0 bridgehead atoms. The van der Waals surface area contributed by atoms with Crippen LogP contribution in [0.25, 0.3) is 0 Å². The number of nitrogens with one attached hydrogen (secondary N) is 1. The number of anilines is 1. The second-order valence-electron chi connectivity index (χ2n) is 3.73. The van der Waals surface area contributed by atoms with Gasteiger partial charge in [-0.25, -0.2) is 17.8 Å². The summed E-state index contributed by atoms with van der Waals surface area (Å²) >= 11 is 0. The summed E-state index contributed by atoms with van der Waals surface area (Å²) in [6.45, 7) is 0. The normalized spacial score (nSPS) is 10.8. The minimum absolute atomic E-state index is 0.254. The summed E-state index contributed by atoms with van der Waals surface area (Å²) in [4.78, 5) is 3.36. The van der Waals surface area contributed by atoms with Crippen molar-refractivity contribution in [2.75, 3.05) is 4.72 Å². The van der Waals surface area contributed by atoms with Gasteiger partial charge in [0.05, 0.1) is 10.5 Å². The summed E-state index contributed by atoms with van der Waals surface area (Å²) in [5, 5.41) is 18.1. The number of aromatic hydroxyl groups is 1. The van der Waals surface area contributed by atoms with Crippen molar-refractivity contribution >= 4 is 15.8 Å². The number of aromatic nitrogens is 1. The summed E-state index contributed by atoms with van der Waals surface area (Å²) in [6, 6.07) is 7.03. The highest BCUT2D eigenvalue weighted by Crippen LogP contribution is 2.23. The van der Waals surface area contributed by atoms with Gasteiger partial charge in [-0.15, -0.1) is 0 Å². The average molecular weight is 293 g/mol. The SMILES string of the molecule is N#Cc1cc(S(=O)(=O)Nc2ncccc2O)ccc1F. The zero-order chi connectivity index (χ0) is 14.8. The molecule has 0 aliphatic carbocycles. The first kappa shape index (κ1) is 13.8. The van der Waals surface area contributed by atoms with Crippen LogP contribution in [0, 0.1) is 17.1 Å². The molecule has 8 heteroatoms. The van der Waals surface area contributed by atoms with Crippen LogP contribution in [0.5, 0.6) is 5.75 Å². The summed E-state index contributed by atoms with van der Waals surface area (Å²) in [5.41, 5.74) is -0.391. The van der Waals surface area contributed by atoms with Crippen LogP contribution in [0.2, 0.25) is 0 Å². The number of halogens is 1. The quantitative estimate of drug-likeness (QED) is 0.894. The summed E-state index contributed by atoms with van der Waals surface area (Å²) in [5.74, 6) is -1.42. The van der Waals surface area contributed by atoms with E-state index in [2.05, 4.69) is 9.71 Å². The van der Waals surface area contributed by atoms with Gasteiger partial charge >= 0.3 is 0 Å². The van der Waals surface area contributed by atoms with Gasteiger partial charge in [-0.05, 0) is 30.3 Å². The first-order chi connectivity index (χ1) is 9.44. The Balaban J connectivity index is 2.42. The summed E-state index contributed by atoms with van der Waals surface area (Å²) in [7, 11) is -4.08. The molecule has 0 amide bonds. The standard InChI is InChI=1S/C12H8FN3O3S/c13-10-4-3-9(6-8(10)7-14)20(18,19)16-12-11(17)2-1-5-15-12/h1-6,17H,(H,15,16). The van der Waals surface area contributed by atoms with Crippen molar-refractivity contribution in [1.29, 1.82) is 5.26 Å². The lowest BCUT2D eigenvalue weighted by Gasteiger charge is -2.08. The first-order valence-corrected chi connectivity index (χ1v) is 6.79. The largest absolute Gasteiger partial charge is 0.504 e. The number of hydrogen-bond acceptors (Lipinski definition) is 5. The maximum atomic E-state index is 13.2. The average Bonchev–Trinajstić information content (AvgIpc) is 2.41. The van der Waals surface area contributed by atoms with Crippen molar-refractivity contribution in [2.45, 2.75) is 4.90 Å². The first-order valence-electron chi connectivity index (χ1n) is 5.30. The van der Waals surface area contributed by atoms with Gasteiger partial charge in [-0.1, -0.05) is 0 Å². The lowest BCUT2D eigenvalue weighted by Crippen LogP contribution is -2.14. The molecule has 0 saturated carbocycles. The zero-order valence-electron chi connectivity index (χ0n) is 9.91. The van der Waals surface area contributed by atoms with Crippen LogP contribution in [0.4, 0.5) is 10.2 Å². The third-order valence-electron chi connectivity index (χ3n) is 2.39. The molecular formula is C12H8FN3O3S. The molecule has 6 nitrogen and oxygen atoms in total. The van der Waals surface area contributed by atoms with Gasteiger partial charge in [0, 0.05) is 6.20 Å². The van der Waals surface area contributed by atoms with Crippen LogP contribution in [-0.2, 0) is 10.0 Å². The van der Waals surface area contributed by atoms with Crippen LogP contribution in [-0.4, -0.2) is 18.5 Å². The fourth-order valence-electron chi connectivity index (χ4n) is 1.42. The Hall–Kier alpha value is -2.66. The number of rotatable bonds is 3. The molecule has 0 radical (unpaired) electrons.